The molecule has 0 saturated carbocycles. The van der Waals surface area contributed by atoms with Crippen LogP contribution in [0, 0.1) is 0 Å². The minimum Gasteiger partial charge on any atom is -0.484 e. The molecule has 11 heteroatoms. The van der Waals surface area contributed by atoms with Crippen molar-refractivity contribution in [2.75, 3.05) is 19.8 Å². The molecule has 160 valence electrons. The average molecular weight is 435 g/mol. The Labute approximate surface area is 173 Å². The number of rotatable bonds is 10. The molecular formula is C19H21N3O7S. The minimum absolute atomic E-state index is 0.00583. The van der Waals surface area contributed by atoms with Gasteiger partial charge in [0.15, 0.2) is 13.2 Å². The van der Waals surface area contributed by atoms with Crippen LogP contribution in [-0.4, -0.2) is 46.0 Å². The van der Waals surface area contributed by atoms with Crippen LogP contribution in [0.25, 0.3) is 0 Å². The highest BCUT2D eigenvalue weighted by Gasteiger charge is 2.12. The highest BCUT2D eigenvalue weighted by molar-refractivity contribution is 7.89. The Balaban J connectivity index is 1.76. The van der Waals surface area contributed by atoms with Gasteiger partial charge in [-0.25, -0.2) is 18.4 Å². The lowest BCUT2D eigenvalue weighted by Gasteiger charge is -2.08. The molecule has 0 aliphatic heterocycles. The van der Waals surface area contributed by atoms with Crippen LogP contribution < -0.4 is 20.9 Å². The zero-order valence-corrected chi connectivity index (χ0v) is 16.7. The summed E-state index contributed by atoms with van der Waals surface area (Å²) in [5.74, 6) is -1.61. The van der Waals surface area contributed by atoms with Gasteiger partial charge in [0.25, 0.3) is 11.8 Å². The summed E-state index contributed by atoms with van der Waals surface area (Å²) in [6.07, 6.45) is 0.448. The van der Waals surface area contributed by atoms with Crippen molar-refractivity contribution in [3.8, 4) is 5.75 Å². The molecule has 10 nitrogen and oxygen atoms in total. The molecule has 0 aliphatic rings. The van der Waals surface area contributed by atoms with E-state index in [0.29, 0.717) is 6.42 Å². The molecule has 2 rings (SSSR count). The van der Waals surface area contributed by atoms with Crippen LogP contribution in [0.3, 0.4) is 0 Å². The number of primary amides is 1. The molecule has 30 heavy (non-hydrogen) atoms. The number of sulfonamides is 1. The molecule has 0 atom stereocenters. The Morgan fingerprint density at radius 1 is 1.00 bits per heavy atom. The summed E-state index contributed by atoms with van der Waals surface area (Å²) in [4.78, 5) is 34.6. The Morgan fingerprint density at radius 2 is 1.70 bits per heavy atom. The SMILES string of the molecule is NC(=O)COc1cccc(C(=O)OCC(=O)NCCc2ccc(S(N)(=O)=O)cc2)c1. The molecule has 5 N–H and O–H groups in total. The fraction of sp³-hybridized carbons (Fsp3) is 0.211. The summed E-state index contributed by atoms with van der Waals surface area (Å²) in [5, 5.41) is 7.62. The van der Waals surface area contributed by atoms with Crippen molar-refractivity contribution in [1.82, 2.24) is 5.32 Å². The minimum atomic E-state index is -3.75. The van der Waals surface area contributed by atoms with Gasteiger partial charge in [-0.05, 0) is 42.3 Å². The third-order valence-corrected chi connectivity index (χ3v) is 4.70. The van der Waals surface area contributed by atoms with Crippen molar-refractivity contribution < 1.29 is 32.3 Å². The van der Waals surface area contributed by atoms with E-state index in [1.165, 1.54) is 30.3 Å². The normalized spacial score (nSPS) is 10.8. The molecule has 0 aliphatic carbocycles. The summed E-state index contributed by atoms with van der Waals surface area (Å²) in [7, 11) is -3.75. The average Bonchev–Trinajstić information content (AvgIpc) is 2.70. The van der Waals surface area contributed by atoms with Crippen LogP contribution in [0.2, 0.25) is 0 Å². The Morgan fingerprint density at radius 3 is 2.33 bits per heavy atom. The number of benzene rings is 2. The van der Waals surface area contributed by atoms with Gasteiger partial charge in [-0.15, -0.1) is 0 Å². The van der Waals surface area contributed by atoms with Gasteiger partial charge < -0.3 is 20.5 Å². The van der Waals surface area contributed by atoms with Crippen LogP contribution in [0.15, 0.2) is 53.4 Å². The zero-order chi connectivity index (χ0) is 22.1. The lowest BCUT2D eigenvalue weighted by Crippen LogP contribution is -2.30. The quantitative estimate of drug-likeness (QED) is 0.431. The molecule has 0 spiro atoms. The van der Waals surface area contributed by atoms with Crippen LogP contribution in [-0.2, 0) is 30.8 Å². The number of primary sulfonamides is 1. The predicted molar refractivity (Wildman–Crippen MR) is 106 cm³/mol. The van der Waals surface area contributed by atoms with E-state index in [2.05, 4.69) is 5.32 Å². The van der Waals surface area contributed by atoms with E-state index in [1.54, 1.807) is 18.2 Å². The Hall–Kier alpha value is -3.44. The van der Waals surface area contributed by atoms with Gasteiger partial charge in [0, 0.05) is 6.54 Å². The maximum Gasteiger partial charge on any atom is 0.338 e. The lowest BCUT2D eigenvalue weighted by molar-refractivity contribution is -0.124. The number of carbonyl (C=O) groups excluding carboxylic acids is 3. The fourth-order valence-corrected chi connectivity index (χ4v) is 2.84. The fourth-order valence-electron chi connectivity index (χ4n) is 2.32. The van der Waals surface area contributed by atoms with Crippen molar-refractivity contribution in [1.29, 1.82) is 0 Å². The lowest BCUT2D eigenvalue weighted by atomic mass is 10.1. The topological polar surface area (TPSA) is 168 Å². The number of hydrogen-bond acceptors (Lipinski definition) is 7. The van der Waals surface area contributed by atoms with Gasteiger partial charge in [-0.3, -0.25) is 9.59 Å². The smallest absolute Gasteiger partial charge is 0.338 e. The first-order chi connectivity index (χ1) is 14.1. The highest BCUT2D eigenvalue weighted by atomic mass is 32.2. The van der Waals surface area contributed by atoms with Crippen LogP contribution >= 0.6 is 0 Å². The van der Waals surface area contributed by atoms with E-state index in [-0.39, 0.29) is 29.4 Å². The Bertz CT molecular complexity index is 1020. The van der Waals surface area contributed by atoms with E-state index in [9.17, 15) is 22.8 Å². The number of nitrogens with two attached hydrogens (primary N) is 2. The third kappa shape index (κ3) is 7.53. The number of esters is 1. The summed E-state index contributed by atoms with van der Waals surface area (Å²) in [5.41, 5.74) is 5.94. The first-order valence-electron chi connectivity index (χ1n) is 8.72. The summed E-state index contributed by atoms with van der Waals surface area (Å²) >= 11 is 0. The number of amides is 2. The number of ether oxygens (including phenoxy) is 2. The van der Waals surface area contributed by atoms with Gasteiger partial charge in [-0.2, -0.15) is 0 Å². The van der Waals surface area contributed by atoms with Crippen molar-refractivity contribution in [3.63, 3.8) is 0 Å². The summed E-state index contributed by atoms with van der Waals surface area (Å²) in [6, 6.07) is 11.9. The van der Waals surface area contributed by atoms with Crippen molar-refractivity contribution in [2.45, 2.75) is 11.3 Å². The molecule has 0 radical (unpaired) electrons. The zero-order valence-electron chi connectivity index (χ0n) is 15.9. The maximum atomic E-state index is 12.0. The molecule has 0 heterocycles. The molecule has 0 unspecified atom stereocenters. The van der Waals surface area contributed by atoms with E-state index in [1.807, 2.05) is 0 Å². The second-order valence-corrected chi connectivity index (χ2v) is 7.71. The monoisotopic (exact) mass is 435 g/mol. The second-order valence-electron chi connectivity index (χ2n) is 6.15. The van der Waals surface area contributed by atoms with Crippen molar-refractivity contribution in [3.05, 3.63) is 59.7 Å². The number of nitrogens with one attached hydrogen (secondary N) is 1. The van der Waals surface area contributed by atoms with Gasteiger partial charge >= 0.3 is 5.97 Å². The molecule has 0 aromatic heterocycles. The largest absolute Gasteiger partial charge is 0.484 e. The number of carbonyl (C=O) groups is 3. The third-order valence-electron chi connectivity index (χ3n) is 3.77. The van der Waals surface area contributed by atoms with Crippen LogP contribution in [0.4, 0.5) is 0 Å². The van der Waals surface area contributed by atoms with Crippen LogP contribution in [0.1, 0.15) is 15.9 Å². The van der Waals surface area contributed by atoms with E-state index < -0.39 is 34.4 Å². The van der Waals surface area contributed by atoms with Gasteiger partial charge in [0.2, 0.25) is 10.0 Å². The van der Waals surface area contributed by atoms with Gasteiger partial charge in [-0.1, -0.05) is 18.2 Å². The summed E-state index contributed by atoms with van der Waals surface area (Å²) in [6.45, 7) is -0.539. The van der Waals surface area contributed by atoms with Crippen LogP contribution in [0.5, 0.6) is 5.75 Å². The first-order valence-corrected chi connectivity index (χ1v) is 10.3. The molecule has 2 aromatic carbocycles. The standard InChI is InChI=1S/C19H21N3O7S/c20-17(23)11-28-15-3-1-2-14(10-15)19(25)29-12-18(24)22-9-8-13-4-6-16(7-5-13)30(21,26)27/h1-7,10H,8-9,11-12H2,(H2,20,23)(H,22,24)(H2,21,26,27). The molecule has 0 saturated heterocycles. The molecular weight excluding hydrogens is 414 g/mol. The van der Waals surface area contributed by atoms with Crippen molar-refractivity contribution >= 4 is 27.8 Å². The maximum absolute atomic E-state index is 12.0. The first kappa shape index (κ1) is 22.8. The predicted octanol–water partition coefficient (Wildman–Crippen LogP) is -0.286. The van der Waals surface area contributed by atoms with E-state index in [4.69, 9.17) is 20.3 Å². The Kier molecular flexibility index (Phi) is 7.90. The van der Waals surface area contributed by atoms with Crippen molar-refractivity contribution in [2.24, 2.45) is 10.9 Å². The van der Waals surface area contributed by atoms with E-state index in [0.717, 1.165) is 5.56 Å². The molecule has 0 fully saturated rings. The highest BCUT2D eigenvalue weighted by Crippen LogP contribution is 2.14. The molecule has 2 aromatic rings. The number of hydrogen-bond donors (Lipinski definition) is 3. The van der Waals surface area contributed by atoms with Gasteiger partial charge in [0.05, 0.1) is 10.5 Å². The molecule has 0 bridgehead atoms. The van der Waals surface area contributed by atoms with Gasteiger partial charge in [0.1, 0.15) is 5.75 Å². The summed E-state index contributed by atoms with van der Waals surface area (Å²) < 4.78 is 32.5. The van der Waals surface area contributed by atoms with E-state index >= 15 is 0 Å². The molecule has 2 amide bonds. The second kappa shape index (κ2) is 10.4.